The van der Waals surface area contributed by atoms with Crippen molar-refractivity contribution in [2.24, 2.45) is 0 Å². The Morgan fingerprint density at radius 3 is 2.85 bits per heavy atom. The van der Waals surface area contributed by atoms with Gasteiger partial charge in [-0.1, -0.05) is 0 Å². The Morgan fingerprint density at radius 2 is 2.19 bits per heavy atom. The van der Waals surface area contributed by atoms with Crippen molar-refractivity contribution in [2.75, 3.05) is 0 Å². The molecule has 7 heteroatoms. The summed E-state index contributed by atoms with van der Waals surface area (Å²) in [5, 5.41) is 14.5. The maximum atomic E-state index is 11.1. The lowest BCUT2D eigenvalue weighted by molar-refractivity contribution is -0.131. The maximum Gasteiger partial charge on any atom is 0.328 e. The molecule has 0 spiro atoms. The third-order valence-electron chi connectivity index (χ3n) is 4.50. The predicted octanol–water partition coefficient (Wildman–Crippen LogP) is 4.25. The second-order valence-electron chi connectivity index (χ2n) is 6.32. The molecule has 1 aliphatic carbocycles. The van der Waals surface area contributed by atoms with Crippen molar-refractivity contribution in [2.45, 2.75) is 32.2 Å². The summed E-state index contributed by atoms with van der Waals surface area (Å²) in [6, 6.07) is 1.99. The summed E-state index contributed by atoms with van der Waals surface area (Å²) in [5.41, 5.74) is 4.47. The summed E-state index contributed by atoms with van der Waals surface area (Å²) in [7, 11) is 0. The summed E-state index contributed by atoms with van der Waals surface area (Å²) in [6.45, 7) is 2.75. The van der Waals surface area contributed by atoms with E-state index in [1.165, 1.54) is 6.08 Å². The summed E-state index contributed by atoms with van der Waals surface area (Å²) < 4.78 is 2.74. The van der Waals surface area contributed by atoms with Gasteiger partial charge in [0.15, 0.2) is 5.65 Å². The molecule has 1 N–H and O–H groups in total. The van der Waals surface area contributed by atoms with Crippen LogP contribution in [0.4, 0.5) is 0 Å². The number of carbonyl (C=O) groups is 1. The topological polar surface area (TPSA) is 80.9 Å². The van der Waals surface area contributed by atoms with Gasteiger partial charge in [0.05, 0.1) is 11.9 Å². The molecule has 0 unspecified atom stereocenters. The van der Waals surface area contributed by atoms with Gasteiger partial charge >= 0.3 is 5.97 Å². The van der Waals surface area contributed by atoms with Gasteiger partial charge in [-0.25, -0.2) is 14.5 Å². The minimum atomic E-state index is -0.977. The zero-order valence-electron chi connectivity index (χ0n) is 14.2. The van der Waals surface area contributed by atoms with Crippen molar-refractivity contribution in [3.63, 3.8) is 0 Å². The molecule has 0 bridgehead atoms. The fourth-order valence-corrected chi connectivity index (χ4v) is 3.57. The van der Waals surface area contributed by atoms with E-state index in [0.29, 0.717) is 5.92 Å². The van der Waals surface area contributed by atoms with Crippen LogP contribution in [0.25, 0.3) is 28.2 Å². The highest BCUT2D eigenvalue weighted by atomic mass is 79.9. The number of pyridine rings is 2. The molecule has 4 rings (SSSR count). The summed E-state index contributed by atoms with van der Waals surface area (Å²) >= 11 is 3.48. The Hall–Kier alpha value is -2.54. The van der Waals surface area contributed by atoms with Gasteiger partial charge in [-0.3, -0.25) is 4.98 Å². The van der Waals surface area contributed by atoms with Gasteiger partial charge in [-0.2, -0.15) is 5.10 Å². The number of hydrogen-bond acceptors (Lipinski definition) is 4. The first-order valence-electron chi connectivity index (χ1n) is 8.49. The van der Waals surface area contributed by atoms with Crippen LogP contribution in [0.2, 0.25) is 0 Å². The molecule has 0 aliphatic heterocycles. The number of nitrogens with zero attached hydrogens (tertiary/aromatic N) is 4. The van der Waals surface area contributed by atoms with Gasteiger partial charge in [0.2, 0.25) is 0 Å². The first-order chi connectivity index (χ1) is 12.6. The summed E-state index contributed by atoms with van der Waals surface area (Å²) in [5.74, 6) is -0.610. The quantitative estimate of drug-likeness (QED) is 0.633. The summed E-state index contributed by atoms with van der Waals surface area (Å²) in [6.07, 6.45) is 10.3. The molecule has 6 nitrogen and oxygen atoms in total. The average molecular weight is 413 g/mol. The molecule has 1 aliphatic rings. The largest absolute Gasteiger partial charge is 0.478 e. The highest BCUT2D eigenvalue weighted by Crippen LogP contribution is 2.45. The highest BCUT2D eigenvalue weighted by molar-refractivity contribution is 9.10. The Bertz CT molecular complexity index is 1040. The molecule has 3 aromatic heterocycles. The summed E-state index contributed by atoms with van der Waals surface area (Å²) in [4.78, 5) is 20.3. The van der Waals surface area contributed by atoms with Crippen LogP contribution >= 0.6 is 15.9 Å². The molecule has 1 fully saturated rings. The second-order valence-corrected chi connectivity index (χ2v) is 7.24. The zero-order valence-corrected chi connectivity index (χ0v) is 15.8. The van der Waals surface area contributed by atoms with Crippen LogP contribution in [0.1, 0.15) is 36.9 Å². The lowest BCUT2D eigenvalue weighted by atomic mass is 9.95. The Kier molecular flexibility index (Phi) is 4.32. The van der Waals surface area contributed by atoms with Crippen LogP contribution in [0.15, 0.2) is 35.2 Å². The van der Waals surface area contributed by atoms with Gasteiger partial charge in [0.1, 0.15) is 0 Å². The fraction of sp³-hybridized carbons (Fsp3) is 0.263. The van der Waals surface area contributed by atoms with E-state index < -0.39 is 5.97 Å². The Labute approximate surface area is 158 Å². The third-order valence-corrected chi connectivity index (χ3v) is 4.94. The highest BCUT2D eigenvalue weighted by Gasteiger charge is 2.30. The van der Waals surface area contributed by atoms with Crippen LogP contribution < -0.4 is 0 Å². The van der Waals surface area contributed by atoms with Crippen molar-refractivity contribution in [1.82, 2.24) is 19.7 Å². The number of hydrogen-bond donors (Lipinski definition) is 1. The van der Waals surface area contributed by atoms with Crippen LogP contribution in [0.3, 0.4) is 0 Å². The minimum Gasteiger partial charge on any atom is -0.478 e. The molecule has 1 saturated carbocycles. The van der Waals surface area contributed by atoms with Gasteiger partial charge in [0.25, 0.3) is 0 Å². The van der Waals surface area contributed by atoms with Gasteiger partial charge in [-0.15, -0.1) is 0 Å². The van der Waals surface area contributed by atoms with E-state index in [1.54, 1.807) is 24.7 Å². The number of carboxylic acid groups (broad SMARTS) is 1. The van der Waals surface area contributed by atoms with Crippen molar-refractivity contribution in [3.8, 4) is 11.1 Å². The number of rotatable bonds is 5. The first kappa shape index (κ1) is 16.9. The van der Waals surface area contributed by atoms with Gasteiger partial charge in [-0.05, 0) is 47.8 Å². The number of halogens is 1. The van der Waals surface area contributed by atoms with E-state index >= 15 is 0 Å². The van der Waals surface area contributed by atoms with Crippen molar-refractivity contribution < 1.29 is 9.90 Å². The Balaban J connectivity index is 2.08. The molecule has 0 atom stereocenters. The molecule has 3 aromatic rings. The molecular weight excluding hydrogens is 396 g/mol. The molecule has 3 heterocycles. The molecule has 0 aromatic carbocycles. The Morgan fingerprint density at radius 1 is 1.38 bits per heavy atom. The first-order valence-corrected chi connectivity index (χ1v) is 9.29. The molecular formula is C19H17BrN4O2. The zero-order chi connectivity index (χ0) is 18.3. The molecule has 132 valence electrons. The number of aliphatic carboxylic acids is 1. The number of fused-ring (bicyclic) bond motifs is 1. The van der Waals surface area contributed by atoms with Crippen molar-refractivity contribution >= 4 is 39.0 Å². The van der Waals surface area contributed by atoms with Crippen molar-refractivity contribution in [1.29, 1.82) is 0 Å². The lowest BCUT2D eigenvalue weighted by Crippen LogP contribution is -2.03. The van der Waals surface area contributed by atoms with Crippen molar-refractivity contribution in [3.05, 3.63) is 46.5 Å². The van der Waals surface area contributed by atoms with Crippen LogP contribution in [0, 0.1) is 0 Å². The van der Waals surface area contributed by atoms with Gasteiger partial charge < -0.3 is 5.11 Å². The van der Waals surface area contributed by atoms with E-state index in [9.17, 15) is 4.79 Å². The third kappa shape index (κ3) is 3.03. The number of carboxylic acids is 1. The fourth-order valence-electron chi connectivity index (χ4n) is 3.20. The van der Waals surface area contributed by atoms with Gasteiger partial charge in [0, 0.05) is 57.5 Å². The van der Waals surface area contributed by atoms with E-state index in [0.717, 1.165) is 57.3 Å². The number of aromatic nitrogens is 4. The SMILES string of the molecule is CCn1ncc2c(-c3cncc(Br)c3)c(C=CC(=O)O)c(C3CC3)nc21. The number of aryl methyl sites for hydroxylation is 1. The smallest absolute Gasteiger partial charge is 0.328 e. The second kappa shape index (κ2) is 6.64. The minimum absolute atomic E-state index is 0.368. The maximum absolute atomic E-state index is 11.1. The average Bonchev–Trinajstić information content (AvgIpc) is 3.38. The normalized spacial score (nSPS) is 14.4. The lowest BCUT2D eigenvalue weighted by Gasteiger charge is -2.13. The standard InChI is InChI=1S/C19H17BrN4O2/c1-2-24-19-15(10-22-24)17(12-7-13(20)9-21-8-12)14(5-6-16(25)26)18(23-19)11-3-4-11/h5-11H,2-4H2,1H3,(H,25,26). The van der Waals surface area contributed by atoms with Crippen LogP contribution in [0.5, 0.6) is 0 Å². The molecule has 0 amide bonds. The van der Waals surface area contributed by atoms with E-state index in [4.69, 9.17) is 10.1 Å². The van der Waals surface area contributed by atoms with Crippen LogP contribution in [-0.2, 0) is 11.3 Å². The molecule has 26 heavy (non-hydrogen) atoms. The predicted molar refractivity (Wildman–Crippen MR) is 103 cm³/mol. The monoisotopic (exact) mass is 412 g/mol. The van der Waals surface area contributed by atoms with E-state index in [2.05, 4.69) is 26.0 Å². The molecule has 0 radical (unpaired) electrons. The molecule has 0 saturated heterocycles. The van der Waals surface area contributed by atoms with E-state index in [-0.39, 0.29) is 0 Å². The van der Waals surface area contributed by atoms with E-state index in [1.807, 2.05) is 17.7 Å². The van der Waals surface area contributed by atoms with Crippen LogP contribution in [-0.4, -0.2) is 30.8 Å².